The van der Waals surface area contributed by atoms with Crippen molar-refractivity contribution in [1.29, 1.82) is 0 Å². The molecule has 0 amide bonds. The number of nitrogens with zero attached hydrogens (tertiary/aromatic N) is 3. The Morgan fingerprint density at radius 1 is 1.32 bits per heavy atom. The van der Waals surface area contributed by atoms with Gasteiger partial charge in [0.1, 0.15) is 0 Å². The number of aryl methyl sites for hydroxylation is 1. The molecule has 0 fully saturated rings. The van der Waals surface area contributed by atoms with E-state index < -0.39 is 0 Å². The molecule has 2 aromatic heterocycles. The molecule has 4 heteroatoms. The number of pyridine rings is 2. The second-order valence-corrected chi connectivity index (χ2v) is 5.40. The van der Waals surface area contributed by atoms with E-state index in [-0.39, 0.29) is 0 Å². The van der Waals surface area contributed by atoms with Gasteiger partial charge in [-0.25, -0.2) is 4.98 Å². The van der Waals surface area contributed by atoms with Crippen LogP contribution in [0.4, 0.5) is 5.69 Å². The maximum absolute atomic E-state index is 4.66. The third-order valence-corrected chi connectivity index (χ3v) is 3.34. The largest absolute Gasteiger partial charge is 0.376 e. The summed E-state index contributed by atoms with van der Waals surface area (Å²) in [6.45, 7) is 5.82. The second-order valence-electron chi connectivity index (χ2n) is 4.49. The fraction of sp³-hybridized carbons (Fsp3) is 0.200. The summed E-state index contributed by atoms with van der Waals surface area (Å²) >= 11 is 3.45. The summed E-state index contributed by atoms with van der Waals surface area (Å²) in [6.07, 6.45) is 3.57. The lowest BCUT2D eigenvalue weighted by molar-refractivity contribution is 1.10. The lowest BCUT2D eigenvalue weighted by Crippen LogP contribution is -2.11. The van der Waals surface area contributed by atoms with E-state index in [0.717, 1.165) is 32.8 Å². The van der Waals surface area contributed by atoms with Crippen molar-refractivity contribution in [2.24, 2.45) is 0 Å². The van der Waals surface area contributed by atoms with Gasteiger partial charge in [-0.15, -0.1) is 0 Å². The standard InChI is InChI=1S/C15H16BrN3/c1-5-13-15(19(3)4)7-6-14(18-13)12-8-11(16)9-17-10(12)2/h5-9H,1H2,2-4H3. The molecule has 0 N–H and O–H groups in total. The average molecular weight is 318 g/mol. The van der Waals surface area contributed by atoms with Crippen LogP contribution < -0.4 is 4.90 Å². The molecule has 0 saturated heterocycles. The normalized spacial score (nSPS) is 10.3. The minimum atomic E-state index is 0.877. The van der Waals surface area contributed by atoms with Crippen molar-refractivity contribution in [3.8, 4) is 11.3 Å². The van der Waals surface area contributed by atoms with Crippen LogP contribution in [0, 0.1) is 6.92 Å². The molecular weight excluding hydrogens is 302 g/mol. The van der Waals surface area contributed by atoms with E-state index in [9.17, 15) is 0 Å². The molecule has 19 heavy (non-hydrogen) atoms. The number of hydrogen-bond donors (Lipinski definition) is 0. The number of halogens is 1. The van der Waals surface area contributed by atoms with Crippen LogP contribution >= 0.6 is 15.9 Å². The molecule has 0 saturated carbocycles. The first-order chi connectivity index (χ1) is 9.02. The Morgan fingerprint density at radius 2 is 2.05 bits per heavy atom. The van der Waals surface area contributed by atoms with Gasteiger partial charge in [-0.05, 0) is 47.1 Å². The van der Waals surface area contributed by atoms with Gasteiger partial charge in [0, 0.05) is 36.0 Å². The molecule has 0 unspecified atom stereocenters. The van der Waals surface area contributed by atoms with Gasteiger partial charge in [0.15, 0.2) is 0 Å². The Bertz CT molecular complexity index is 621. The van der Waals surface area contributed by atoms with Crippen molar-refractivity contribution in [3.05, 3.63) is 46.8 Å². The van der Waals surface area contributed by atoms with Gasteiger partial charge in [-0.2, -0.15) is 0 Å². The zero-order valence-electron chi connectivity index (χ0n) is 11.3. The summed E-state index contributed by atoms with van der Waals surface area (Å²) in [7, 11) is 3.99. The van der Waals surface area contributed by atoms with E-state index in [1.807, 2.05) is 38.1 Å². The maximum atomic E-state index is 4.66. The van der Waals surface area contributed by atoms with Crippen LogP contribution in [0.15, 0.2) is 35.4 Å². The Kier molecular flexibility index (Phi) is 4.00. The molecule has 98 valence electrons. The second kappa shape index (κ2) is 5.53. The van der Waals surface area contributed by atoms with Crippen molar-refractivity contribution in [3.63, 3.8) is 0 Å². The van der Waals surface area contributed by atoms with Crippen LogP contribution in [0.5, 0.6) is 0 Å². The van der Waals surface area contributed by atoms with Gasteiger partial charge in [-0.1, -0.05) is 6.58 Å². The topological polar surface area (TPSA) is 29.0 Å². The van der Waals surface area contributed by atoms with Crippen molar-refractivity contribution < 1.29 is 0 Å². The van der Waals surface area contributed by atoms with E-state index in [1.54, 1.807) is 12.3 Å². The molecule has 0 bridgehead atoms. The SMILES string of the molecule is C=Cc1nc(-c2cc(Br)cnc2C)ccc1N(C)C. The van der Waals surface area contributed by atoms with Crippen molar-refractivity contribution in [2.75, 3.05) is 19.0 Å². The van der Waals surface area contributed by atoms with E-state index in [4.69, 9.17) is 0 Å². The Morgan fingerprint density at radius 3 is 2.68 bits per heavy atom. The summed E-state index contributed by atoms with van der Waals surface area (Å²) < 4.78 is 0.951. The summed E-state index contributed by atoms with van der Waals surface area (Å²) in [5, 5.41) is 0. The first kappa shape index (κ1) is 13.7. The molecule has 3 nitrogen and oxygen atoms in total. The van der Waals surface area contributed by atoms with Crippen LogP contribution in [0.25, 0.3) is 17.3 Å². The number of rotatable bonds is 3. The zero-order valence-corrected chi connectivity index (χ0v) is 12.9. The van der Waals surface area contributed by atoms with E-state index in [2.05, 4.69) is 38.5 Å². The van der Waals surface area contributed by atoms with Gasteiger partial charge >= 0.3 is 0 Å². The summed E-state index contributed by atoms with van der Waals surface area (Å²) in [6, 6.07) is 6.10. The zero-order chi connectivity index (χ0) is 14.0. The van der Waals surface area contributed by atoms with E-state index in [0.29, 0.717) is 0 Å². The highest BCUT2D eigenvalue weighted by Crippen LogP contribution is 2.27. The highest BCUT2D eigenvalue weighted by atomic mass is 79.9. The fourth-order valence-corrected chi connectivity index (χ4v) is 2.24. The molecule has 0 spiro atoms. The molecule has 0 atom stereocenters. The van der Waals surface area contributed by atoms with E-state index in [1.165, 1.54) is 0 Å². The molecule has 2 heterocycles. The predicted molar refractivity (Wildman–Crippen MR) is 84.3 cm³/mol. The van der Waals surface area contributed by atoms with Gasteiger partial charge in [-0.3, -0.25) is 4.98 Å². The minimum Gasteiger partial charge on any atom is -0.376 e. The van der Waals surface area contributed by atoms with Gasteiger partial charge in [0.05, 0.1) is 17.1 Å². The van der Waals surface area contributed by atoms with Gasteiger partial charge < -0.3 is 4.90 Å². The van der Waals surface area contributed by atoms with Crippen molar-refractivity contribution in [1.82, 2.24) is 9.97 Å². The van der Waals surface area contributed by atoms with Gasteiger partial charge in [0.25, 0.3) is 0 Å². The quantitative estimate of drug-likeness (QED) is 0.859. The minimum absolute atomic E-state index is 0.877. The lowest BCUT2D eigenvalue weighted by Gasteiger charge is -2.16. The maximum Gasteiger partial charge on any atom is 0.0864 e. The number of hydrogen-bond acceptors (Lipinski definition) is 3. The highest BCUT2D eigenvalue weighted by Gasteiger charge is 2.09. The Hall–Kier alpha value is -1.68. The smallest absolute Gasteiger partial charge is 0.0864 e. The molecule has 0 radical (unpaired) electrons. The van der Waals surface area contributed by atoms with Crippen LogP contribution in [0.2, 0.25) is 0 Å². The summed E-state index contributed by atoms with van der Waals surface area (Å²) in [5.74, 6) is 0. The Balaban J connectivity index is 2.58. The molecule has 0 aliphatic carbocycles. The van der Waals surface area contributed by atoms with Crippen LogP contribution in [-0.2, 0) is 0 Å². The third kappa shape index (κ3) is 2.84. The molecule has 0 aliphatic rings. The molecule has 0 aromatic carbocycles. The summed E-state index contributed by atoms with van der Waals surface area (Å²) in [5.41, 5.74) is 4.83. The number of anilines is 1. The average Bonchev–Trinajstić information content (AvgIpc) is 2.40. The molecule has 0 aliphatic heterocycles. The monoisotopic (exact) mass is 317 g/mol. The lowest BCUT2D eigenvalue weighted by atomic mass is 10.1. The predicted octanol–water partition coefficient (Wildman–Crippen LogP) is 3.92. The third-order valence-electron chi connectivity index (χ3n) is 2.91. The van der Waals surface area contributed by atoms with Crippen molar-refractivity contribution in [2.45, 2.75) is 6.92 Å². The van der Waals surface area contributed by atoms with Gasteiger partial charge in [0.2, 0.25) is 0 Å². The summed E-state index contributed by atoms with van der Waals surface area (Å²) in [4.78, 5) is 11.0. The van der Waals surface area contributed by atoms with Crippen LogP contribution in [-0.4, -0.2) is 24.1 Å². The van der Waals surface area contributed by atoms with Crippen LogP contribution in [0.1, 0.15) is 11.4 Å². The van der Waals surface area contributed by atoms with Crippen molar-refractivity contribution >= 4 is 27.7 Å². The number of aromatic nitrogens is 2. The molecule has 2 aromatic rings. The first-order valence-corrected chi connectivity index (χ1v) is 6.75. The van der Waals surface area contributed by atoms with Crippen LogP contribution in [0.3, 0.4) is 0 Å². The van der Waals surface area contributed by atoms with E-state index >= 15 is 0 Å². The highest BCUT2D eigenvalue weighted by molar-refractivity contribution is 9.10. The fourth-order valence-electron chi connectivity index (χ4n) is 1.91. The molecule has 2 rings (SSSR count). The first-order valence-electron chi connectivity index (χ1n) is 5.96. The molecular formula is C15H16BrN3. The Labute approximate surface area is 122 Å².